The molecule has 0 radical (unpaired) electrons. The molecule has 1 unspecified atom stereocenters. The molecule has 0 heterocycles. The minimum atomic E-state index is -1.03. The average molecular weight is 439 g/mol. The summed E-state index contributed by atoms with van der Waals surface area (Å²) in [6.07, 6.45) is 0.150. The Bertz CT molecular complexity index is 932. The summed E-state index contributed by atoms with van der Waals surface area (Å²) in [6, 6.07) is 16.3. The van der Waals surface area contributed by atoms with Crippen molar-refractivity contribution in [2.75, 3.05) is 0 Å². The first-order valence-corrected chi connectivity index (χ1v) is 11.0. The smallest absolute Gasteiger partial charge is 0.304 e. The molecule has 0 aromatic heterocycles. The van der Waals surface area contributed by atoms with Gasteiger partial charge >= 0.3 is 5.97 Å². The molecule has 0 aliphatic carbocycles. The molecule has 2 rings (SSSR count). The fourth-order valence-corrected chi connectivity index (χ4v) is 3.59. The van der Waals surface area contributed by atoms with Gasteiger partial charge in [0.2, 0.25) is 11.8 Å². The summed E-state index contributed by atoms with van der Waals surface area (Å²) in [5.74, 6) is -2.37. The van der Waals surface area contributed by atoms with Crippen LogP contribution in [0.4, 0.5) is 0 Å². The van der Waals surface area contributed by atoms with Gasteiger partial charge in [-0.05, 0) is 55.9 Å². The van der Waals surface area contributed by atoms with E-state index in [0.717, 1.165) is 11.1 Å². The highest BCUT2D eigenvalue weighted by molar-refractivity contribution is 5.91. The van der Waals surface area contributed by atoms with Gasteiger partial charge in [0, 0.05) is 11.5 Å². The molecule has 0 saturated carbocycles. The summed E-state index contributed by atoms with van der Waals surface area (Å²) in [5.41, 5.74) is 2.07. The van der Waals surface area contributed by atoms with Crippen molar-refractivity contribution in [1.82, 2.24) is 10.6 Å². The molecular formula is C26H34N2O4. The molecule has 2 amide bonds. The Morgan fingerprint density at radius 3 is 2.09 bits per heavy atom. The molecular weight excluding hydrogens is 404 g/mol. The molecule has 2 atom stereocenters. The fraction of sp³-hybridized carbons (Fsp3) is 0.423. The monoisotopic (exact) mass is 438 g/mol. The van der Waals surface area contributed by atoms with E-state index in [9.17, 15) is 19.5 Å². The molecule has 6 nitrogen and oxygen atoms in total. The predicted octanol–water partition coefficient (Wildman–Crippen LogP) is 4.56. The Morgan fingerprint density at radius 2 is 1.53 bits per heavy atom. The normalized spacial score (nSPS) is 13.3. The average Bonchev–Trinajstić information content (AvgIpc) is 2.70. The van der Waals surface area contributed by atoms with E-state index in [4.69, 9.17) is 0 Å². The summed E-state index contributed by atoms with van der Waals surface area (Å²) < 4.78 is 0. The first kappa shape index (κ1) is 25.1. The topological polar surface area (TPSA) is 95.5 Å². The number of aliphatic carboxylic acids is 1. The van der Waals surface area contributed by atoms with Gasteiger partial charge in [0.1, 0.15) is 6.04 Å². The first-order chi connectivity index (χ1) is 15.0. The summed E-state index contributed by atoms with van der Waals surface area (Å²) in [7, 11) is 0. The lowest BCUT2D eigenvalue weighted by Crippen LogP contribution is -2.48. The highest BCUT2D eigenvalue weighted by atomic mass is 16.4. The maximum atomic E-state index is 13.2. The van der Waals surface area contributed by atoms with Crippen LogP contribution in [0.15, 0.2) is 54.6 Å². The highest BCUT2D eigenvalue weighted by Crippen LogP contribution is 2.25. The van der Waals surface area contributed by atoms with Crippen molar-refractivity contribution >= 4 is 17.8 Å². The SMILES string of the molecule is CC(C)C[C@H](CC(=O)O)C(=O)NC(C(=O)NC(C)(C)C)c1cccc(-c2ccccc2)c1. The van der Waals surface area contributed by atoms with Gasteiger partial charge in [-0.2, -0.15) is 0 Å². The van der Waals surface area contributed by atoms with E-state index < -0.39 is 29.4 Å². The van der Waals surface area contributed by atoms with E-state index in [1.807, 2.05) is 83.1 Å². The second-order valence-corrected chi connectivity index (χ2v) is 9.60. The van der Waals surface area contributed by atoms with Crippen LogP contribution in [0, 0.1) is 11.8 Å². The Labute approximate surface area is 190 Å². The third-order valence-electron chi connectivity index (χ3n) is 4.92. The maximum absolute atomic E-state index is 13.2. The molecule has 0 spiro atoms. The van der Waals surface area contributed by atoms with Crippen molar-refractivity contribution in [3.63, 3.8) is 0 Å². The zero-order valence-electron chi connectivity index (χ0n) is 19.5. The number of hydrogen-bond acceptors (Lipinski definition) is 3. The maximum Gasteiger partial charge on any atom is 0.304 e. The predicted molar refractivity (Wildman–Crippen MR) is 126 cm³/mol. The highest BCUT2D eigenvalue weighted by Gasteiger charge is 2.30. The van der Waals surface area contributed by atoms with Crippen LogP contribution in [0.25, 0.3) is 11.1 Å². The number of nitrogens with one attached hydrogen (secondary N) is 2. The largest absolute Gasteiger partial charge is 0.481 e. The quantitative estimate of drug-likeness (QED) is 0.535. The van der Waals surface area contributed by atoms with E-state index in [-0.39, 0.29) is 18.2 Å². The molecule has 2 aromatic rings. The Kier molecular flexibility index (Phi) is 8.58. The Hall–Kier alpha value is -3.15. The van der Waals surface area contributed by atoms with Gasteiger partial charge in [0.05, 0.1) is 6.42 Å². The van der Waals surface area contributed by atoms with Crippen LogP contribution in [0.2, 0.25) is 0 Å². The van der Waals surface area contributed by atoms with Crippen LogP contribution in [0.1, 0.15) is 59.1 Å². The lowest BCUT2D eigenvalue weighted by atomic mass is 9.92. The molecule has 0 aliphatic heterocycles. The van der Waals surface area contributed by atoms with E-state index in [2.05, 4.69) is 10.6 Å². The van der Waals surface area contributed by atoms with Crippen molar-refractivity contribution in [3.05, 3.63) is 60.2 Å². The van der Waals surface area contributed by atoms with Gasteiger partial charge in [-0.1, -0.05) is 62.4 Å². The van der Waals surface area contributed by atoms with Crippen molar-refractivity contribution in [2.24, 2.45) is 11.8 Å². The lowest BCUT2D eigenvalue weighted by Gasteiger charge is -2.27. The van der Waals surface area contributed by atoms with Crippen molar-refractivity contribution in [2.45, 2.75) is 59.0 Å². The third-order valence-corrected chi connectivity index (χ3v) is 4.92. The third kappa shape index (κ3) is 7.84. The summed E-state index contributed by atoms with van der Waals surface area (Å²) >= 11 is 0. The summed E-state index contributed by atoms with van der Waals surface area (Å²) in [6.45, 7) is 9.49. The standard InChI is InChI=1S/C26H34N2O4/c1-17(2)14-21(16-22(29)30)24(31)27-23(25(32)28-26(3,4)5)20-13-9-12-19(15-20)18-10-7-6-8-11-18/h6-13,15,17,21,23H,14,16H2,1-5H3,(H,27,31)(H,28,32)(H,29,30)/t21-,23?/m1/s1. The number of hydrogen-bond donors (Lipinski definition) is 3. The van der Waals surface area contributed by atoms with Crippen molar-refractivity contribution in [1.29, 1.82) is 0 Å². The molecule has 32 heavy (non-hydrogen) atoms. The molecule has 0 fully saturated rings. The van der Waals surface area contributed by atoms with E-state index in [1.54, 1.807) is 6.07 Å². The molecule has 172 valence electrons. The molecule has 0 saturated heterocycles. The van der Waals surface area contributed by atoms with Crippen LogP contribution < -0.4 is 10.6 Å². The second-order valence-electron chi connectivity index (χ2n) is 9.60. The number of carboxylic acid groups (broad SMARTS) is 1. The van der Waals surface area contributed by atoms with Crippen LogP contribution >= 0.6 is 0 Å². The fourth-order valence-electron chi connectivity index (χ4n) is 3.59. The van der Waals surface area contributed by atoms with Gasteiger partial charge in [0.25, 0.3) is 0 Å². The van der Waals surface area contributed by atoms with Crippen LogP contribution in [0.3, 0.4) is 0 Å². The van der Waals surface area contributed by atoms with Crippen LogP contribution in [0.5, 0.6) is 0 Å². The number of carboxylic acids is 1. The van der Waals surface area contributed by atoms with Gasteiger partial charge in [-0.3, -0.25) is 14.4 Å². The number of amides is 2. The molecule has 0 bridgehead atoms. The van der Waals surface area contributed by atoms with E-state index >= 15 is 0 Å². The van der Waals surface area contributed by atoms with E-state index in [0.29, 0.717) is 12.0 Å². The molecule has 2 aromatic carbocycles. The van der Waals surface area contributed by atoms with Crippen LogP contribution in [-0.2, 0) is 14.4 Å². The van der Waals surface area contributed by atoms with Crippen molar-refractivity contribution < 1.29 is 19.5 Å². The first-order valence-electron chi connectivity index (χ1n) is 11.0. The Balaban J connectivity index is 2.39. The van der Waals surface area contributed by atoms with Crippen LogP contribution in [-0.4, -0.2) is 28.4 Å². The minimum absolute atomic E-state index is 0.147. The zero-order chi connectivity index (χ0) is 23.9. The lowest BCUT2D eigenvalue weighted by molar-refractivity contribution is -0.142. The van der Waals surface area contributed by atoms with E-state index in [1.165, 1.54) is 0 Å². The molecule has 6 heteroatoms. The van der Waals surface area contributed by atoms with Gasteiger partial charge < -0.3 is 15.7 Å². The molecule has 0 aliphatic rings. The van der Waals surface area contributed by atoms with Gasteiger partial charge in [0.15, 0.2) is 0 Å². The summed E-state index contributed by atoms with van der Waals surface area (Å²) in [4.78, 5) is 37.6. The number of rotatable bonds is 9. The van der Waals surface area contributed by atoms with Gasteiger partial charge in [-0.15, -0.1) is 0 Å². The number of carbonyl (C=O) groups excluding carboxylic acids is 2. The van der Waals surface area contributed by atoms with Crippen molar-refractivity contribution in [3.8, 4) is 11.1 Å². The number of carbonyl (C=O) groups is 3. The second kappa shape index (κ2) is 10.9. The minimum Gasteiger partial charge on any atom is -0.481 e. The Morgan fingerprint density at radius 1 is 0.906 bits per heavy atom. The zero-order valence-corrected chi connectivity index (χ0v) is 19.5. The van der Waals surface area contributed by atoms with Gasteiger partial charge in [-0.25, -0.2) is 0 Å². The number of benzene rings is 2. The summed E-state index contributed by atoms with van der Waals surface area (Å²) in [5, 5.41) is 15.0. The molecule has 3 N–H and O–H groups in total.